The van der Waals surface area contributed by atoms with Crippen LogP contribution in [0.2, 0.25) is 0 Å². The van der Waals surface area contributed by atoms with Crippen molar-refractivity contribution in [2.24, 2.45) is 33.0 Å². The number of ketones is 1. The molecule has 8 heteroatoms. The Morgan fingerprint density at radius 1 is 1.23 bits per heavy atom. The zero-order valence-electron chi connectivity index (χ0n) is 18.3. The molecule has 3 fully saturated rings. The maximum absolute atomic E-state index is 14.1. The zero-order valence-corrected chi connectivity index (χ0v) is 18.3. The summed E-state index contributed by atoms with van der Waals surface area (Å²) < 4.78 is 11.3. The summed E-state index contributed by atoms with van der Waals surface area (Å²) in [5.74, 6) is -1.11. The molecule has 3 aliphatic carbocycles. The molecule has 4 aliphatic rings. The van der Waals surface area contributed by atoms with Crippen LogP contribution in [0.25, 0.3) is 0 Å². The van der Waals surface area contributed by atoms with E-state index in [1.54, 1.807) is 6.92 Å². The second kappa shape index (κ2) is 6.77. The summed E-state index contributed by atoms with van der Waals surface area (Å²) in [6, 6.07) is -0.804. The number of ether oxygens (including phenoxy) is 2. The Labute approximate surface area is 176 Å². The number of Topliss-reactive ketones (excluding diaryl/α,β-unsaturated/α-hetero) is 1. The lowest BCUT2D eigenvalue weighted by Crippen LogP contribution is -2.68. The minimum Gasteiger partial charge on any atom is -0.450 e. The molecule has 0 radical (unpaired) electrons. The topological polar surface area (TPSA) is 111 Å². The fourth-order valence-electron chi connectivity index (χ4n) is 6.77. The van der Waals surface area contributed by atoms with Gasteiger partial charge in [0.05, 0.1) is 18.1 Å². The first-order valence-corrected chi connectivity index (χ1v) is 10.7. The van der Waals surface area contributed by atoms with E-state index in [0.717, 1.165) is 5.57 Å². The molecule has 1 saturated heterocycles. The van der Waals surface area contributed by atoms with Gasteiger partial charge in [-0.3, -0.25) is 9.59 Å². The first-order chi connectivity index (χ1) is 14.0. The molecule has 1 unspecified atom stereocenters. The standard InChI is InChI=1S/C22H30N2O6/c1-11-6-7-22(24-28)9-14-13-10-29-15(13)8-16(23-27)21(14,5)19(26)18(30-12(2)25)17(11)20(22,3)4/h13-16,18H,6-10H2,1-5H3/t13-,14?,15+,16-,18+,21-,22+/m0/s1. The number of allylic oxidation sites excluding steroid dienone is 1. The number of nitroso groups, excluding NO2 is 2. The molecule has 0 amide bonds. The molecular formula is C22H30N2O6. The van der Waals surface area contributed by atoms with E-state index in [1.807, 2.05) is 20.8 Å². The van der Waals surface area contributed by atoms with Crippen LogP contribution in [-0.4, -0.2) is 42.1 Å². The number of fused-ring (bicyclic) bond motifs is 5. The second-order valence-electron chi connectivity index (χ2n) is 10.3. The lowest BCUT2D eigenvalue weighted by molar-refractivity contribution is -0.209. The summed E-state index contributed by atoms with van der Waals surface area (Å²) in [5.41, 5.74) is -1.28. The second-order valence-corrected chi connectivity index (χ2v) is 10.3. The van der Waals surface area contributed by atoms with Gasteiger partial charge in [-0.15, -0.1) is 0 Å². The van der Waals surface area contributed by atoms with Crippen LogP contribution in [0.1, 0.15) is 60.3 Å². The lowest BCUT2D eigenvalue weighted by atomic mass is 9.46. The Balaban J connectivity index is 1.98. The molecule has 1 aliphatic heterocycles. The van der Waals surface area contributed by atoms with Gasteiger partial charge in [0.1, 0.15) is 11.6 Å². The highest BCUT2D eigenvalue weighted by Crippen LogP contribution is 2.62. The number of rotatable bonds is 3. The van der Waals surface area contributed by atoms with Crippen LogP contribution < -0.4 is 0 Å². The van der Waals surface area contributed by atoms with E-state index in [2.05, 4.69) is 10.4 Å². The quantitative estimate of drug-likeness (QED) is 0.392. The summed E-state index contributed by atoms with van der Waals surface area (Å²) >= 11 is 0. The molecule has 30 heavy (non-hydrogen) atoms. The van der Waals surface area contributed by atoms with Gasteiger partial charge in [0, 0.05) is 24.7 Å². The number of carbonyl (C=O) groups excluding carboxylic acids is 2. The van der Waals surface area contributed by atoms with Crippen molar-refractivity contribution in [2.75, 3.05) is 6.61 Å². The van der Waals surface area contributed by atoms with Crippen LogP contribution in [0.3, 0.4) is 0 Å². The van der Waals surface area contributed by atoms with Crippen molar-refractivity contribution in [1.82, 2.24) is 0 Å². The van der Waals surface area contributed by atoms with Crippen LogP contribution in [0, 0.1) is 32.5 Å². The maximum Gasteiger partial charge on any atom is 0.303 e. The molecule has 0 aromatic rings. The Kier molecular flexibility index (Phi) is 4.80. The van der Waals surface area contributed by atoms with Crippen molar-refractivity contribution in [3.8, 4) is 0 Å². The fraction of sp³-hybridized carbons (Fsp3) is 0.818. The Hall–Kier alpha value is -1.96. The van der Waals surface area contributed by atoms with Gasteiger partial charge in [-0.25, -0.2) is 0 Å². The normalized spacial score (nSPS) is 44.6. The van der Waals surface area contributed by atoms with Crippen molar-refractivity contribution in [2.45, 2.75) is 84.1 Å². The molecular weight excluding hydrogens is 388 g/mol. The van der Waals surface area contributed by atoms with Crippen molar-refractivity contribution in [1.29, 1.82) is 0 Å². The number of hydrogen-bond donors (Lipinski definition) is 0. The lowest BCUT2D eigenvalue weighted by Gasteiger charge is -2.61. The van der Waals surface area contributed by atoms with E-state index in [4.69, 9.17) is 9.47 Å². The molecule has 0 N–H and O–H groups in total. The van der Waals surface area contributed by atoms with E-state index in [-0.39, 0.29) is 23.7 Å². The minimum absolute atomic E-state index is 0.0536. The predicted octanol–water partition coefficient (Wildman–Crippen LogP) is 3.71. The van der Waals surface area contributed by atoms with Gasteiger partial charge in [-0.2, -0.15) is 9.81 Å². The summed E-state index contributed by atoms with van der Waals surface area (Å²) in [5, 5.41) is 7.04. The predicted molar refractivity (Wildman–Crippen MR) is 108 cm³/mol. The average Bonchev–Trinajstić information content (AvgIpc) is 2.65. The van der Waals surface area contributed by atoms with Crippen LogP contribution in [0.4, 0.5) is 0 Å². The third kappa shape index (κ3) is 2.55. The SMILES string of the molecule is CC(=O)O[C@H]1C(=O)[C@@]2(C)C(C[C@]3(N=O)CCC(C)=C1C3(C)C)[C@@H]1CO[C@@H]1C[C@@H]2N=O. The molecule has 7 atom stereocenters. The van der Waals surface area contributed by atoms with Gasteiger partial charge in [0.25, 0.3) is 0 Å². The Morgan fingerprint density at radius 2 is 1.93 bits per heavy atom. The number of hydrogen-bond acceptors (Lipinski definition) is 8. The smallest absolute Gasteiger partial charge is 0.303 e. The highest BCUT2D eigenvalue weighted by molar-refractivity contribution is 5.94. The number of carbonyl (C=O) groups is 2. The van der Waals surface area contributed by atoms with Crippen molar-refractivity contribution in [3.05, 3.63) is 21.0 Å². The highest BCUT2D eigenvalue weighted by Gasteiger charge is 2.68. The highest BCUT2D eigenvalue weighted by atomic mass is 16.5. The molecule has 2 saturated carbocycles. The number of nitrogens with zero attached hydrogens (tertiary/aromatic N) is 2. The Bertz CT molecular complexity index is 851. The van der Waals surface area contributed by atoms with Crippen molar-refractivity contribution in [3.63, 3.8) is 0 Å². The van der Waals surface area contributed by atoms with Crippen LogP contribution in [-0.2, 0) is 19.1 Å². The van der Waals surface area contributed by atoms with Gasteiger partial charge < -0.3 is 9.47 Å². The van der Waals surface area contributed by atoms with E-state index in [1.165, 1.54) is 6.92 Å². The molecule has 0 aromatic carbocycles. The minimum atomic E-state index is -1.15. The average molecular weight is 418 g/mol. The molecule has 0 spiro atoms. The summed E-state index contributed by atoms with van der Waals surface area (Å²) in [6.07, 6.45) is 0.642. The van der Waals surface area contributed by atoms with Crippen molar-refractivity contribution >= 4 is 11.8 Å². The van der Waals surface area contributed by atoms with Gasteiger partial charge in [0.15, 0.2) is 11.9 Å². The maximum atomic E-state index is 14.1. The third-order valence-corrected chi connectivity index (χ3v) is 8.80. The fourth-order valence-corrected chi connectivity index (χ4v) is 6.77. The van der Waals surface area contributed by atoms with E-state index >= 15 is 0 Å². The van der Waals surface area contributed by atoms with E-state index < -0.39 is 34.5 Å². The van der Waals surface area contributed by atoms with Gasteiger partial charge >= 0.3 is 5.97 Å². The van der Waals surface area contributed by atoms with Crippen LogP contribution >= 0.6 is 0 Å². The molecule has 0 aromatic heterocycles. The summed E-state index contributed by atoms with van der Waals surface area (Å²) in [4.78, 5) is 50.5. The largest absolute Gasteiger partial charge is 0.450 e. The van der Waals surface area contributed by atoms with E-state index in [9.17, 15) is 19.4 Å². The molecule has 1 heterocycles. The first kappa shape index (κ1) is 21.3. The molecule has 8 nitrogen and oxygen atoms in total. The van der Waals surface area contributed by atoms with Crippen molar-refractivity contribution < 1.29 is 19.1 Å². The summed E-state index contributed by atoms with van der Waals surface area (Å²) in [6.45, 7) is 9.29. The van der Waals surface area contributed by atoms with Crippen LogP contribution in [0.5, 0.6) is 0 Å². The Morgan fingerprint density at radius 3 is 2.47 bits per heavy atom. The molecule has 2 bridgehead atoms. The molecule has 4 rings (SSSR count). The zero-order chi connectivity index (χ0) is 22.1. The van der Waals surface area contributed by atoms with Gasteiger partial charge in [0.2, 0.25) is 0 Å². The van der Waals surface area contributed by atoms with Gasteiger partial charge in [-0.1, -0.05) is 29.8 Å². The third-order valence-electron chi connectivity index (χ3n) is 8.80. The number of esters is 1. The van der Waals surface area contributed by atoms with Crippen LogP contribution in [0.15, 0.2) is 21.5 Å². The summed E-state index contributed by atoms with van der Waals surface area (Å²) in [7, 11) is 0. The monoisotopic (exact) mass is 418 g/mol. The van der Waals surface area contributed by atoms with Gasteiger partial charge in [-0.05, 0) is 44.6 Å². The first-order valence-electron chi connectivity index (χ1n) is 10.7. The molecule has 164 valence electrons. The van der Waals surface area contributed by atoms with E-state index in [0.29, 0.717) is 37.9 Å².